The summed E-state index contributed by atoms with van der Waals surface area (Å²) in [6.07, 6.45) is -0.643. The minimum absolute atomic E-state index is 0.264. The van der Waals surface area contributed by atoms with Crippen molar-refractivity contribution in [2.24, 2.45) is 0 Å². The molecule has 1 heterocycles. The quantitative estimate of drug-likeness (QED) is 0.630. The summed E-state index contributed by atoms with van der Waals surface area (Å²) in [4.78, 5) is 0. The first-order valence-electron chi connectivity index (χ1n) is 6.52. The molecule has 114 valence electrons. The third-order valence-electron chi connectivity index (χ3n) is 2.94. The molecule has 0 aromatic carbocycles. The fourth-order valence-corrected chi connectivity index (χ4v) is 2.17. The van der Waals surface area contributed by atoms with Gasteiger partial charge in [0.2, 0.25) is 0 Å². The highest BCUT2D eigenvalue weighted by atomic mass is 16.7. The summed E-state index contributed by atoms with van der Waals surface area (Å²) in [6.45, 7) is 7.88. The lowest BCUT2D eigenvalue weighted by atomic mass is 9.90. The highest BCUT2D eigenvalue weighted by molar-refractivity contribution is 4.95. The lowest BCUT2D eigenvalue weighted by molar-refractivity contribution is -0.327. The van der Waals surface area contributed by atoms with E-state index in [9.17, 15) is 15.3 Å². The van der Waals surface area contributed by atoms with Gasteiger partial charge in [-0.2, -0.15) is 0 Å². The van der Waals surface area contributed by atoms with Crippen molar-refractivity contribution in [1.29, 1.82) is 0 Å². The summed E-state index contributed by atoms with van der Waals surface area (Å²) in [6, 6.07) is 0. The van der Waals surface area contributed by atoms with Crippen molar-refractivity contribution >= 4 is 0 Å². The highest BCUT2D eigenvalue weighted by Gasteiger charge is 2.48. The first kappa shape index (κ1) is 16.8. The van der Waals surface area contributed by atoms with E-state index in [4.69, 9.17) is 14.2 Å². The van der Waals surface area contributed by atoms with E-state index in [2.05, 4.69) is 0 Å². The molecule has 0 spiro atoms. The number of ether oxygens (including phenoxy) is 3. The van der Waals surface area contributed by atoms with Crippen molar-refractivity contribution in [3.05, 3.63) is 0 Å². The molecule has 0 amide bonds. The molecular formula is C13H26O6. The summed E-state index contributed by atoms with van der Waals surface area (Å²) in [5.74, 6) is -2.71. The molecule has 2 unspecified atom stereocenters. The number of rotatable bonds is 5. The molecule has 1 aliphatic rings. The first-order valence-corrected chi connectivity index (χ1v) is 6.52. The second-order valence-electron chi connectivity index (χ2n) is 6.20. The molecule has 19 heavy (non-hydrogen) atoms. The van der Waals surface area contributed by atoms with Gasteiger partial charge in [-0.15, -0.1) is 0 Å². The molecule has 1 saturated heterocycles. The number of hydrogen-bond donors (Lipinski definition) is 3. The van der Waals surface area contributed by atoms with E-state index < -0.39 is 29.4 Å². The molecule has 3 atom stereocenters. The largest absolute Gasteiger partial charge is 0.393 e. The number of aliphatic hydroxyl groups is 3. The Hall–Kier alpha value is -0.240. The van der Waals surface area contributed by atoms with E-state index in [1.807, 2.05) is 0 Å². The van der Waals surface area contributed by atoms with Crippen molar-refractivity contribution in [1.82, 2.24) is 0 Å². The van der Waals surface area contributed by atoms with Gasteiger partial charge in [-0.05, 0) is 41.0 Å². The molecule has 6 heteroatoms. The second-order valence-corrected chi connectivity index (χ2v) is 6.20. The van der Waals surface area contributed by atoms with Crippen LogP contribution in [0.5, 0.6) is 0 Å². The summed E-state index contributed by atoms with van der Waals surface area (Å²) < 4.78 is 16.7. The fourth-order valence-electron chi connectivity index (χ4n) is 2.17. The monoisotopic (exact) mass is 278 g/mol. The van der Waals surface area contributed by atoms with Crippen LogP contribution in [0.3, 0.4) is 0 Å². The van der Waals surface area contributed by atoms with Gasteiger partial charge in [0.15, 0.2) is 11.6 Å². The minimum Gasteiger partial charge on any atom is -0.393 e. The van der Waals surface area contributed by atoms with Gasteiger partial charge in [-0.3, -0.25) is 0 Å². The van der Waals surface area contributed by atoms with Crippen LogP contribution >= 0.6 is 0 Å². The van der Waals surface area contributed by atoms with E-state index >= 15 is 0 Å². The zero-order chi connectivity index (χ0) is 14.9. The van der Waals surface area contributed by atoms with Crippen LogP contribution in [0.1, 0.15) is 41.0 Å². The number of hydrogen-bond acceptors (Lipinski definition) is 6. The van der Waals surface area contributed by atoms with E-state index in [1.54, 1.807) is 6.92 Å². The standard InChI is InChI=1S/C13H26O6/c1-11(2,15)18-9-6-7-17-13(5,8-14)10(9)19-12(3,4)16/h9-10,14-16H,6-8H2,1-5H3/t9-,10?,13?/m1/s1. The molecule has 0 radical (unpaired) electrons. The number of aliphatic hydroxyl groups excluding tert-OH is 1. The average molecular weight is 278 g/mol. The summed E-state index contributed by atoms with van der Waals surface area (Å²) in [7, 11) is 0. The summed E-state index contributed by atoms with van der Waals surface area (Å²) >= 11 is 0. The molecule has 0 aliphatic carbocycles. The van der Waals surface area contributed by atoms with Crippen LogP contribution in [0.2, 0.25) is 0 Å². The Labute approximate surface area is 114 Å². The van der Waals surface area contributed by atoms with Crippen LogP contribution in [-0.2, 0) is 14.2 Å². The second kappa shape index (κ2) is 5.63. The zero-order valence-corrected chi connectivity index (χ0v) is 12.3. The molecule has 0 saturated carbocycles. The third kappa shape index (κ3) is 4.98. The van der Waals surface area contributed by atoms with Gasteiger partial charge in [0.25, 0.3) is 0 Å². The molecule has 0 bridgehead atoms. The summed E-state index contributed by atoms with van der Waals surface area (Å²) in [5, 5.41) is 29.2. The topological polar surface area (TPSA) is 88.4 Å². The zero-order valence-electron chi connectivity index (χ0n) is 12.3. The van der Waals surface area contributed by atoms with Crippen molar-refractivity contribution in [2.75, 3.05) is 13.2 Å². The third-order valence-corrected chi connectivity index (χ3v) is 2.94. The van der Waals surface area contributed by atoms with E-state index in [0.717, 1.165) is 0 Å². The maximum absolute atomic E-state index is 9.84. The van der Waals surface area contributed by atoms with E-state index in [0.29, 0.717) is 13.0 Å². The van der Waals surface area contributed by atoms with Crippen LogP contribution in [0.15, 0.2) is 0 Å². The molecule has 0 aromatic rings. The van der Waals surface area contributed by atoms with Crippen molar-refractivity contribution in [3.8, 4) is 0 Å². The van der Waals surface area contributed by atoms with Crippen LogP contribution in [-0.4, -0.2) is 57.9 Å². The highest BCUT2D eigenvalue weighted by Crippen LogP contribution is 2.33. The minimum atomic E-state index is -1.39. The van der Waals surface area contributed by atoms with E-state index in [-0.39, 0.29) is 6.61 Å². The molecule has 3 N–H and O–H groups in total. The Balaban J connectivity index is 2.93. The van der Waals surface area contributed by atoms with Crippen LogP contribution in [0.25, 0.3) is 0 Å². The lowest BCUT2D eigenvalue weighted by Crippen LogP contribution is -2.60. The molecule has 1 aliphatic heterocycles. The molecule has 0 aromatic heterocycles. The Morgan fingerprint density at radius 2 is 1.68 bits per heavy atom. The normalized spacial score (nSPS) is 33.5. The predicted molar refractivity (Wildman–Crippen MR) is 68.4 cm³/mol. The van der Waals surface area contributed by atoms with Crippen LogP contribution < -0.4 is 0 Å². The Bertz CT molecular complexity index is 292. The maximum atomic E-state index is 9.84. The SMILES string of the molecule is CC(C)(O)OC1[C@H](OC(C)(C)O)CCOC1(C)CO. The molecule has 6 nitrogen and oxygen atoms in total. The average Bonchev–Trinajstić information content (AvgIpc) is 2.20. The van der Waals surface area contributed by atoms with Gasteiger partial charge in [0.05, 0.1) is 19.3 Å². The van der Waals surface area contributed by atoms with Crippen LogP contribution in [0, 0.1) is 0 Å². The fraction of sp³-hybridized carbons (Fsp3) is 1.00. The van der Waals surface area contributed by atoms with E-state index in [1.165, 1.54) is 27.7 Å². The van der Waals surface area contributed by atoms with Crippen molar-refractivity contribution in [3.63, 3.8) is 0 Å². The van der Waals surface area contributed by atoms with Gasteiger partial charge in [-0.1, -0.05) is 0 Å². The Morgan fingerprint density at radius 1 is 1.16 bits per heavy atom. The van der Waals surface area contributed by atoms with Gasteiger partial charge in [0.1, 0.15) is 11.7 Å². The van der Waals surface area contributed by atoms with Gasteiger partial charge >= 0.3 is 0 Å². The van der Waals surface area contributed by atoms with Crippen molar-refractivity contribution < 1.29 is 29.5 Å². The van der Waals surface area contributed by atoms with Gasteiger partial charge in [-0.25, -0.2) is 0 Å². The van der Waals surface area contributed by atoms with Gasteiger partial charge in [0, 0.05) is 0 Å². The lowest BCUT2D eigenvalue weighted by Gasteiger charge is -2.47. The molecule has 1 rings (SSSR count). The summed E-state index contributed by atoms with van der Waals surface area (Å²) in [5.41, 5.74) is -0.978. The van der Waals surface area contributed by atoms with Crippen molar-refractivity contribution in [2.45, 2.75) is 70.4 Å². The molecule has 1 fully saturated rings. The van der Waals surface area contributed by atoms with Gasteiger partial charge < -0.3 is 29.5 Å². The predicted octanol–water partition coefficient (Wildman–Crippen LogP) is 0.385. The smallest absolute Gasteiger partial charge is 0.160 e. The Kier molecular flexibility index (Phi) is 4.98. The molecular weight excluding hydrogens is 252 g/mol. The maximum Gasteiger partial charge on any atom is 0.160 e. The van der Waals surface area contributed by atoms with Crippen LogP contribution in [0.4, 0.5) is 0 Å². The Morgan fingerprint density at radius 3 is 2.11 bits per heavy atom. The first-order chi connectivity index (χ1) is 8.47.